The van der Waals surface area contributed by atoms with Crippen LogP contribution < -0.4 is 4.90 Å². The van der Waals surface area contributed by atoms with Crippen LogP contribution in [-0.2, 0) is 19.4 Å². The maximum atomic E-state index is 13.0. The number of halogens is 1. The monoisotopic (exact) mass is 472 g/mol. The molecule has 6 nitrogen and oxygen atoms in total. The summed E-state index contributed by atoms with van der Waals surface area (Å²) in [6.45, 7) is 0. The van der Waals surface area contributed by atoms with Crippen molar-refractivity contribution in [3.05, 3.63) is 33.1 Å². The van der Waals surface area contributed by atoms with Crippen LogP contribution in [0.15, 0.2) is 27.6 Å². The SMILES string of the molecule is CN1C(=O)/C(=C2\SC(=S)N(C3CCS(=O)(=O)C3)C2=O)c2cc(Br)ccc21. The number of anilines is 1. The first kappa shape index (κ1) is 18.1. The molecule has 4 rings (SSSR count). The molecule has 0 bridgehead atoms. The maximum Gasteiger partial charge on any atom is 0.267 e. The number of likely N-dealkylation sites (N-methyl/N-ethyl adjacent to an activating group) is 1. The van der Waals surface area contributed by atoms with Gasteiger partial charge in [-0.2, -0.15) is 0 Å². The van der Waals surface area contributed by atoms with Gasteiger partial charge in [-0.25, -0.2) is 8.42 Å². The van der Waals surface area contributed by atoms with Crippen LogP contribution in [0.25, 0.3) is 5.57 Å². The molecular formula is C16H13BrN2O4S3. The van der Waals surface area contributed by atoms with Crippen molar-refractivity contribution < 1.29 is 18.0 Å². The standard InChI is InChI=1S/C16H13BrN2O4S3/c1-18-11-3-2-8(17)6-10(11)12(14(18)20)13-15(21)19(16(24)25-13)9-4-5-26(22,23)7-9/h2-3,6,9H,4-5,7H2,1H3/b13-12-. The number of hydrogen-bond donors (Lipinski definition) is 0. The fourth-order valence-corrected chi connectivity index (χ4v) is 6.97. The Kier molecular flexibility index (Phi) is 4.29. The van der Waals surface area contributed by atoms with Gasteiger partial charge in [0.25, 0.3) is 11.8 Å². The van der Waals surface area contributed by atoms with Gasteiger partial charge >= 0.3 is 0 Å². The molecule has 10 heteroatoms. The van der Waals surface area contributed by atoms with E-state index in [1.165, 1.54) is 9.80 Å². The third-order valence-electron chi connectivity index (χ3n) is 4.71. The quantitative estimate of drug-likeness (QED) is 0.460. The predicted octanol–water partition coefficient (Wildman–Crippen LogP) is 2.18. The molecule has 0 N–H and O–H groups in total. The second-order valence-electron chi connectivity index (χ2n) is 6.33. The summed E-state index contributed by atoms with van der Waals surface area (Å²) in [5.74, 6) is -0.680. The van der Waals surface area contributed by atoms with E-state index in [1.54, 1.807) is 13.1 Å². The predicted molar refractivity (Wildman–Crippen MR) is 109 cm³/mol. The molecular weight excluding hydrogens is 460 g/mol. The van der Waals surface area contributed by atoms with E-state index in [-0.39, 0.29) is 28.2 Å². The molecule has 3 aliphatic rings. The molecule has 1 aromatic rings. The fourth-order valence-electron chi connectivity index (χ4n) is 3.44. The number of thioether (sulfide) groups is 1. The summed E-state index contributed by atoms with van der Waals surface area (Å²) in [6, 6.07) is 5.00. The second kappa shape index (κ2) is 6.15. The Bertz CT molecular complexity index is 1020. The normalized spacial score (nSPS) is 27.6. The lowest BCUT2D eigenvalue weighted by Crippen LogP contribution is -2.39. The lowest BCUT2D eigenvalue weighted by molar-refractivity contribution is -0.123. The van der Waals surface area contributed by atoms with Crippen molar-refractivity contribution >= 4 is 77.1 Å². The molecule has 2 saturated heterocycles. The minimum Gasteiger partial charge on any atom is -0.311 e. The van der Waals surface area contributed by atoms with Crippen LogP contribution in [-0.4, -0.2) is 54.0 Å². The van der Waals surface area contributed by atoms with Gasteiger partial charge in [0, 0.05) is 17.1 Å². The lowest BCUT2D eigenvalue weighted by atomic mass is 10.1. The number of carbonyl (C=O) groups is 2. The largest absolute Gasteiger partial charge is 0.311 e. The van der Waals surface area contributed by atoms with Crippen molar-refractivity contribution in [2.75, 3.05) is 23.5 Å². The average molecular weight is 473 g/mol. The molecule has 0 spiro atoms. The van der Waals surface area contributed by atoms with Gasteiger partial charge in [-0.1, -0.05) is 39.9 Å². The van der Waals surface area contributed by atoms with Gasteiger partial charge in [0.2, 0.25) is 0 Å². The lowest BCUT2D eigenvalue weighted by Gasteiger charge is -2.21. The molecule has 0 radical (unpaired) electrons. The van der Waals surface area contributed by atoms with Crippen molar-refractivity contribution in [2.24, 2.45) is 0 Å². The molecule has 1 atom stereocenters. The summed E-state index contributed by atoms with van der Waals surface area (Å²) in [5, 5.41) is 0. The van der Waals surface area contributed by atoms with Gasteiger partial charge in [-0.3, -0.25) is 14.5 Å². The minimum absolute atomic E-state index is 0.0537. The van der Waals surface area contributed by atoms with Gasteiger partial charge in [0.1, 0.15) is 4.32 Å². The van der Waals surface area contributed by atoms with Crippen molar-refractivity contribution in [3.63, 3.8) is 0 Å². The third-order valence-corrected chi connectivity index (χ3v) is 8.35. The number of thiocarbonyl (C=S) groups is 1. The van der Waals surface area contributed by atoms with Crippen LogP contribution in [0.1, 0.15) is 12.0 Å². The fraction of sp³-hybridized carbons (Fsp3) is 0.312. The van der Waals surface area contributed by atoms with Crippen LogP contribution in [0.3, 0.4) is 0 Å². The van der Waals surface area contributed by atoms with Gasteiger partial charge in [-0.05, 0) is 24.6 Å². The molecule has 0 saturated carbocycles. The van der Waals surface area contributed by atoms with Crippen LogP contribution in [0.4, 0.5) is 5.69 Å². The van der Waals surface area contributed by atoms with Gasteiger partial charge in [-0.15, -0.1) is 0 Å². The summed E-state index contributed by atoms with van der Waals surface area (Å²) < 4.78 is 24.7. The Balaban J connectivity index is 1.80. The van der Waals surface area contributed by atoms with E-state index in [1.807, 2.05) is 12.1 Å². The molecule has 0 aromatic heterocycles. The Hall–Kier alpha value is -1.23. The van der Waals surface area contributed by atoms with Crippen molar-refractivity contribution in [3.8, 4) is 0 Å². The average Bonchev–Trinajstić information content (AvgIpc) is 3.13. The highest BCUT2D eigenvalue weighted by Gasteiger charge is 2.45. The number of hydrogen-bond acceptors (Lipinski definition) is 6. The van der Waals surface area contributed by atoms with Crippen LogP contribution in [0.5, 0.6) is 0 Å². The van der Waals surface area contributed by atoms with E-state index < -0.39 is 15.9 Å². The van der Waals surface area contributed by atoms with E-state index in [0.29, 0.717) is 21.9 Å². The number of carbonyl (C=O) groups excluding carboxylic acids is 2. The molecule has 26 heavy (non-hydrogen) atoms. The Morgan fingerprint density at radius 1 is 1.27 bits per heavy atom. The first-order valence-corrected chi connectivity index (χ1v) is 11.6. The number of nitrogens with zero attached hydrogens (tertiary/aromatic N) is 2. The topological polar surface area (TPSA) is 74.8 Å². The number of amides is 2. The number of sulfone groups is 1. The molecule has 3 aliphatic heterocycles. The summed E-state index contributed by atoms with van der Waals surface area (Å²) in [7, 11) is -1.49. The molecule has 2 amide bonds. The summed E-state index contributed by atoms with van der Waals surface area (Å²) in [4.78, 5) is 28.9. The van der Waals surface area contributed by atoms with Gasteiger partial charge in [0.05, 0.1) is 33.7 Å². The van der Waals surface area contributed by atoms with Crippen LogP contribution in [0.2, 0.25) is 0 Å². The number of rotatable bonds is 1. The zero-order valence-electron chi connectivity index (χ0n) is 13.6. The second-order valence-corrected chi connectivity index (χ2v) is 11.1. The highest BCUT2D eigenvalue weighted by Crippen LogP contribution is 2.45. The van der Waals surface area contributed by atoms with Crippen molar-refractivity contribution in [1.82, 2.24) is 4.90 Å². The minimum atomic E-state index is -3.15. The molecule has 136 valence electrons. The third kappa shape index (κ3) is 2.74. The van der Waals surface area contributed by atoms with Crippen molar-refractivity contribution in [2.45, 2.75) is 12.5 Å². The van der Waals surface area contributed by atoms with E-state index in [0.717, 1.165) is 21.9 Å². The van der Waals surface area contributed by atoms with Gasteiger partial charge in [0.15, 0.2) is 9.84 Å². The van der Waals surface area contributed by atoms with E-state index in [4.69, 9.17) is 12.2 Å². The zero-order valence-corrected chi connectivity index (χ0v) is 17.6. The highest BCUT2D eigenvalue weighted by molar-refractivity contribution is 9.10. The van der Waals surface area contributed by atoms with Crippen molar-refractivity contribution in [1.29, 1.82) is 0 Å². The number of fused-ring (bicyclic) bond motifs is 1. The maximum absolute atomic E-state index is 13.0. The summed E-state index contributed by atoms with van der Waals surface area (Å²) >= 11 is 9.81. The first-order chi connectivity index (χ1) is 12.2. The summed E-state index contributed by atoms with van der Waals surface area (Å²) in [5.41, 5.74) is 1.72. The molecule has 3 heterocycles. The molecule has 1 aromatic carbocycles. The van der Waals surface area contributed by atoms with Crippen LogP contribution in [0, 0.1) is 0 Å². The zero-order chi connectivity index (χ0) is 18.8. The van der Waals surface area contributed by atoms with Crippen LogP contribution >= 0.6 is 39.9 Å². The Morgan fingerprint density at radius 2 is 2.00 bits per heavy atom. The van der Waals surface area contributed by atoms with E-state index >= 15 is 0 Å². The Morgan fingerprint density at radius 3 is 2.65 bits per heavy atom. The molecule has 1 unspecified atom stereocenters. The molecule has 0 aliphatic carbocycles. The van der Waals surface area contributed by atoms with Gasteiger partial charge < -0.3 is 4.90 Å². The Labute approximate surface area is 168 Å². The first-order valence-electron chi connectivity index (χ1n) is 7.77. The highest BCUT2D eigenvalue weighted by atomic mass is 79.9. The summed E-state index contributed by atoms with van der Waals surface area (Å²) in [6.07, 6.45) is 0.368. The van der Waals surface area contributed by atoms with E-state index in [9.17, 15) is 18.0 Å². The smallest absolute Gasteiger partial charge is 0.267 e. The van der Waals surface area contributed by atoms with E-state index in [2.05, 4.69) is 15.9 Å². The molecule has 2 fully saturated rings. The number of benzene rings is 1.